The molecule has 5 aromatic rings. The van der Waals surface area contributed by atoms with E-state index in [-0.39, 0.29) is 60.6 Å². The van der Waals surface area contributed by atoms with Crippen molar-refractivity contribution in [3.05, 3.63) is 129 Å². The Kier molecular flexibility index (Phi) is 19.8. The van der Waals surface area contributed by atoms with Crippen LogP contribution in [0.5, 0.6) is 11.5 Å². The fourth-order valence-electron chi connectivity index (χ4n) is 6.39. The van der Waals surface area contributed by atoms with Gasteiger partial charge in [-0.3, -0.25) is 28.8 Å². The lowest BCUT2D eigenvalue weighted by Crippen LogP contribution is -2.32. The smallest absolute Gasteiger partial charge is 0.258 e. The molecule has 21 heteroatoms. The number of carbonyl (C=O) groups is 6. The van der Waals surface area contributed by atoms with Gasteiger partial charge in [-0.2, -0.15) is 20.5 Å². The van der Waals surface area contributed by atoms with Gasteiger partial charge in [0.05, 0.1) is 45.4 Å². The second-order valence-electron chi connectivity index (χ2n) is 15.3. The van der Waals surface area contributed by atoms with Crippen molar-refractivity contribution in [3.8, 4) is 11.5 Å². The van der Waals surface area contributed by atoms with E-state index in [4.69, 9.17) is 67.5 Å². The lowest BCUT2D eigenvalue weighted by atomic mass is 10.1. The van der Waals surface area contributed by atoms with Gasteiger partial charge in [0.25, 0.3) is 23.6 Å². The van der Waals surface area contributed by atoms with Gasteiger partial charge in [-0.25, -0.2) is 0 Å². The van der Waals surface area contributed by atoms with Crippen molar-refractivity contribution >= 4 is 127 Å². The van der Waals surface area contributed by atoms with Crippen LogP contribution in [0.1, 0.15) is 89.7 Å². The highest BCUT2D eigenvalue weighted by atomic mass is 35.5. The maximum Gasteiger partial charge on any atom is 0.258 e. The highest BCUT2D eigenvalue weighted by Gasteiger charge is 2.27. The first-order valence-corrected chi connectivity index (χ1v) is 23.7. The van der Waals surface area contributed by atoms with Crippen LogP contribution in [0.3, 0.4) is 0 Å². The molecule has 366 valence electrons. The largest absolute Gasteiger partial charge is 0.492 e. The third-order valence-corrected chi connectivity index (χ3v) is 11.5. The van der Waals surface area contributed by atoms with Gasteiger partial charge >= 0.3 is 0 Å². The van der Waals surface area contributed by atoms with Crippen LogP contribution < -0.4 is 30.7 Å². The maximum atomic E-state index is 13.5. The van der Waals surface area contributed by atoms with Crippen LogP contribution in [-0.2, 0) is 25.1 Å². The quantitative estimate of drug-likeness (QED) is 0.0314. The van der Waals surface area contributed by atoms with Crippen LogP contribution >= 0.6 is 58.0 Å². The average molecular weight is 1050 g/mol. The van der Waals surface area contributed by atoms with Crippen molar-refractivity contribution in [2.75, 3.05) is 34.5 Å². The van der Waals surface area contributed by atoms with E-state index in [1.807, 2.05) is 13.8 Å². The van der Waals surface area contributed by atoms with Gasteiger partial charge in [0.15, 0.2) is 11.6 Å². The van der Waals surface area contributed by atoms with Crippen LogP contribution in [0.15, 0.2) is 111 Å². The zero-order valence-corrected chi connectivity index (χ0v) is 42.3. The van der Waals surface area contributed by atoms with Crippen LogP contribution in [0.4, 0.5) is 34.1 Å². The van der Waals surface area contributed by atoms with Gasteiger partial charge in [0, 0.05) is 28.4 Å². The minimum absolute atomic E-state index is 0.00238. The molecule has 0 fully saturated rings. The van der Waals surface area contributed by atoms with Crippen molar-refractivity contribution in [1.82, 2.24) is 0 Å². The van der Waals surface area contributed by atoms with Crippen molar-refractivity contribution in [2.45, 2.75) is 70.3 Å². The van der Waals surface area contributed by atoms with Crippen LogP contribution in [-0.4, -0.2) is 60.5 Å². The molecule has 0 heterocycles. The number of hydrogen-bond donors (Lipinski definition) is 4. The molecule has 4 atom stereocenters. The van der Waals surface area contributed by atoms with E-state index in [2.05, 4.69) is 41.7 Å². The van der Waals surface area contributed by atoms with Crippen LogP contribution in [0, 0.1) is 0 Å². The Morgan fingerprint density at radius 3 is 1.40 bits per heavy atom. The number of ketones is 2. The third kappa shape index (κ3) is 14.6. The van der Waals surface area contributed by atoms with Gasteiger partial charge in [0.2, 0.25) is 12.1 Å². The second-order valence-corrected chi connectivity index (χ2v) is 17.7. The molecule has 0 aliphatic heterocycles. The van der Waals surface area contributed by atoms with E-state index in [0.29, 0.717) is 41.7 Å². The number of ether oxygens (including phenoxy) is 2. The number of alkyl halides is 3. The maximum absolute atomic E-state index is 13.5. The van der Waals surface area contributed by atoms with Crippen molar-refractivity contribution in [2.24, 2.45) is 20.5 Å². The standard InChI is InChI=1S/C49H47Cl5N8O8/c1-7-69-42-17-11-29(25(3)51)20-40(42)57-46(65)31-9-14-35(53)38(22-31)59-61-44(27(5)63)48(67)55-34-13-16-37(33(19-34)24-50)56-49(68)45(28(6)64)62-60-39-23-32(10-15-36(39)54)47(66)58-41-21-30(26(4)52)12-18-43(41)70-8-2/h9-23,25-26,44-45H,7-8,24H2,1-6H3,(H,55,67)(H,56,68)(H,57,65)(H,58,66). The Morgan fingerprint density at radius 1 is 0.557 bits per heavy atom. The molecule has 0 aromatic heterocycles. The summed E-state index contributed by atoms with van der Waals surface area (Å²) in [5.41, 5.74) is 3.25. The number of benzene rings is 5. The highest BCUT2D eigenvalue weighted by molar-refractivity contribution is 6.33. The number of rotatable bonds is 21. The number of nitrogens with one attached hydrogen (secondary N) is 4. The monoisotopic (exact) mass is 1050 g/mol. The predicted octanol–water partition coefficient (Wildman–Crippen LogP) is 13.0. The molecule has 5 rings (SSSR count). The third-order valence-electron chi connectivity index (χ3n) is 10.0. The Morgan fingerprint density at radius 2 is 1.00 bits per heavy atom. The first-order chi connectivity index (χ1) is 33.3. The van der Waals surface area contributed by atoms with Crippen molar-refractivity contribution in [3.63, 3.8) is 0 Å². The molecule has 70 heavy (non-hydrogen) atoms. The molecule has 0 radical (unpaired) electrons. The Labute approximate surface area is 428 Å². The highest BCUT2D eigenvalue weighted by Crippen LogP contribution is 2.35. The summed E-state index contributed by atoms with van der Waals surface area (Å²) in [6, 6.07) is 19.9. The molecule has 0 aliphatic rings. The number of halogens is 5. The summed E-state index contributed by atoms with van der Waals surface area (Å²) in [6.07, 6.45) is 0. The van der Waals surface area contributed by atoms with E-state index < -0.39 is 47.3 Å². The molecule has 5 aromatic carbocycles. The SMILES string of the molecule is CCOc1ccc(C(C)Cl)cc1NC(=O)c1ccc(Cl)c(N=NC(C(C)=O)C(=O)Nc2ccc(NC(=O)C(N=Nc3cc(C(=O)Nc4cc(C(C)Cl)ccc4OCC)ccc3Cl)C(C)=O)c(CCl)c2)c1. The number of hydrogen-bond acceptors (Lipinski definition) is 12. The minimum atomic E-state index is -1.65. The molecular formula is C49H47Cl5N8O8. The van der Waals surface area contributed by atoms with Gasteiger partial charge in [-0.15, -0.1) is 34.8 Å². The lowest BCUT2D eigenvalue weighted by molar-refractivity contribution is -0.127. The lowest BCUT2D eigenvalue weighted by Gasteiger charge is -2.15. The van der Waals surface area contributed by atoms with E-state index in [9.17, 15) is 28.8 Å². The number of nitrogens with zero attached hydrogens (tertiary/aromatic N) is 4. The molecule has 4 amide bonds. The predicted molar refractivity (Wildman–Crippen MR) is 274 cm³/mol. The molecule has 0 spiro atoms. The van der Waals surface area contributed by atoms with Gasteiger partial charge < -0.3 is 30.7 Å². The Bertz CT molecular complexity index is 2860. The van der Waals surface area contributed by atoms with Crippen molar-refractivity contribution in [1.29, 1.82) is 0 Å². The zero-order valence-electron chi connectivity index (χ0n) is 38.5. The average Bonchev–Trinajstić information content (AvgIpc) is 3.31. The zero-order chi connectivity index (χ0) is 51.2. The van der Waals surface area contributed by atoms with Crippen LogP contribution in [0.2, 0.25) is 10.0 Å². The Hall–Kier alpha value is -6.43. The minimum Gasteiger partial charge on any atom is -0.492 e. The summed E-state index contributed by atoms with van der Waals surface area (Å²) in [5, 5.41) is 26.4. The Balaban J connectivity index is 1.27. The summed E-state index contributed by atoms with van der Waals surface area (Å²) in [5.74, 6) is -3.42. The summed E-state index contributed by atoms with van der Waals surface area (Å²) in [7, 11) is 0. The summed E-state index contributed by atoms with van der Waals surface area (Å²) < 4.78 is 11.3. The molecule has 4 N–H and O–H groups in total. The first-order valence-electron chi connectivity index (χ1n) is 21.5. The normalized spacial score (nSPS) is 13.0. The summed E-state index contributed by atoms with van der Waals surface area (Å²) in [4.78, 5) is 79.1. The van der Waals surface area contributed by atoms with Gasteiger partial charge in [-0.05, 0) is 137 Å². The number of amides is 4. The fraction of sp³-hybridized carbons (Fsp3) is 0.265. The van der Waals surface area contributed by atoms with Crippen molar-refractivity contribution < 1.29 is 38.2 Å². The molecule has 4 unspecified atom stereocenters. The fourth-order valence-corrected chi connectivity index (χ4v) is 7.19. The first kappa shape index (κ1) is 54.5. The van der Waals surface area contributed by atoms with E-state index >= 15 is 0 Å². The van der Waals surface area contributed by atoms with E-state index in [0.717, 1.165) is 25.0 Å². The van der Waals surface area contributed by atoms with Gasteiger partial charge in [0.1, 0.15) is 22.9 Å². The number of anilines is 4. The van der Waals surface area contributed by atoms with E-state index in [1.54, 1.807) is 50.2 Å². The summed E-state index contributed by atoms with van der Waals surface area (Å²) >= 11 is 31.6. The molecule has 16 nitrogen and oxygen atoms in total. The molecular weight excluding hydrogens is 1010 g/mol. The summed E-state index contributed by atoms with van der Waals surface area (Å²) in [6.45, 7) is 10.2. The van der Waals surface area contributed by atoms with Crippen LogP contribution in [0.25, 0.3) is 0 Å². The number of carbonyl (C=O) groups excluding carboxylic acids is 6. The molecule has 0 saturated carbocycles. The molecule has 0 aliphatic carbocycles. The second kappa shape index (κ2) is 25.4. The molecule has 0 bridgehead atoms. The molecule has 0 saturated heterocycles. The topological polar surface area (TPSA) is 218 Å². The van der Waals surface area contributed by atoms with E-state index in [1.165, 1.54) is 54.6 Å². The number of Topliss-reactive ketones (excluding diaryl/α,β-unsaturated/α-hetero) is 2. The van der Waals surface area contributed by atoms with Gasteiger partial charge in [-0.1, -0.05) is 35.3 Å². The number of azo groups is 2.